The molecule has 0 aliphatic heterocycles. The Kier molecular flexibility index (Phi) is 5.71. The predicted molar refractivity (Wildman–Crippen MR) is 99.5 cm³/mol. The predicted octanol–water partition coefficient (Wildman–Crippen LogP) is 3.99. The monoisotopic (exact) mass is 368 g/mol. The number of hydrogen-bond acceptors (Lipinski definition) is 3. The van der Waals surface area contributed by atoms with E-state index in [1.54, 1.807) is 18.2 Å². The first kappa shape index (κ1) is 17.8. The van der Waals surface area contributed by atoms with Crippen LogP contribution in [0.5, 0.6) is 0 Å². The Morgan fingerprint density at radius 3 is 2.50 bits per heavy atom. The van der Waals surface area contributed by atoms with Gasteiger partial charge in [-0.1, -0.05) is 48.0 Å². The number of halogens is 1. The van der Waals surface area contributed by atoms with Gasteiger partial charge < -0.3 is 4.42 Å². The van der Waals surface area contributed by atoms with Crippen LogP contribution in [-0.4, -0.2) is 11.8 Å². The molecule has 0 saturated carbocycles. The van der Waals surface area contributed by atoms with Gasteiger partial charge in [0.2, 0.25) is 5.91 Å². The van der Waals surface area contributed by atoms with E-state index >= 15 is 0 Å². The van der Waals surface area contributed by atoms with E-state index in [4.69, 9.17) is 16.0 Å². The SMILES string of the molecule is O=C(CCc1ccc(-c2ccccc2)o1)NNC(=O)c1cccc(Cl)c1. The van der Waals surface area contributed by atoms with E-state index in [2.05, 4.69) is 10.9 Å². The molecule has 3 rings (SSSR count). The Balaban J connectivity index is 1.47. The number of furan rings is 1. The Morgan fingerprint density at radius 1 is 0.923 bits per heavy atom. The smallest absolute Gasteiger partial charge is 0.269 e. The van der Waals surface area contributed by atoms with Gasteiger partial charge in [0.1, 0.15) is 11.5 Å². The number of carbonyl (C=O) groups is 2. The third-order valence-electron chi connectivity index (χ3n) is 3.72. The number of hydrogen-bond donors (Lipinski definition) is 2. The van der Waals surface area contributed by atoms with Gasteiger partial charge >= 0.3 is 0 Å². The summed E-state index contributed by atoms with van der Waals surface area (Å²) in [6, 6.07) is 19.9. The van der Waals surface area contributed by atoms with Crippen LogP contribution in [0.15, 0.2) is 71.1 Å². The summed E-state index contributed by atoms with van der Waals surface area (Å²) >= 11 is 5.84. The van der Waals surface area contributed by atoms with Crippen molar-refractivity contribution in [2.24, 2.45) is 0 Å². The van der Waals surface area contributed by atoms with Gasteiger partial charge in [0, 0.05) is 29.0 Å². The van der Waals surface area contributed by atoms with E-state index in [9.17, 15) is 9.59 Å². The zero-order valence-corrected chi connectivity index (χ0v) is 14.6. The Labute approximate surface area is 155 Å². The lowest BCUT2D eigenvalue weighted by Gasteiger charge is -2.07. The quantitative estimate of drug-likeness (QED) is 0.669. The minimum atomic E-state index is -0.426. The molecule has 26 heavy (non-hydrogen) atoms. The van der Waals surface area contributed by atoms with Crippen LogP contribution >= 0.6 is 11.6 Å². The van der Waals surface area contributed by atoms with Crippen molar-refractivity contribution in [3.05, 3.63) is 83.1 Å². The van der Waals surface area contributed by atoms with E-state index < -0.39 is 5.91 Å². The van der Waals surface area contributed by atoms with E-state index in [0.29, 0.717) is 22.8 Å². The molecule has 132 valence electrons. The molecule has 0 atom stereocenters. The van der Waals surface area contributed by atoms with Crippen LogP contribution in [0.25, 0.3) is 11.3 Å². The van der Waals surface area contributed by atoms with Crippen LogP contribution in [0.1, 0.15) is 22.5 Å². The third kappa shape index (κ3) is 4.74. The summed E-state index contributed by atoms with van der Waals surface area (Å²) in [5, 5.41) is 0.455. The van der Waals surface area contributed by atoms with Crippen LogP contribution in [0.2, 0.25) is 5.02 Å². The van der Waals surface area contributed by atoms with Crippen molar-refractivity contribution in [2.75, 3.05) is 0 Å². The number of aryl methyl sites for hydroxylation is 1. The van der Waals surface area contributed by atoms with Crippen molar-refractivity contribution in [2.45, 2.75) is 12.8 Å². The highest BCUT2D eigenvalue weighted by atomic mass is 35.5. The maximum absolute atomic E-state index is 11.9. The molecule has 0 unspecified atom stereocenters. The van der Waals surface area contributed by atoms with E-state index in [0.717, 1.165) is 11.3 Å². The van der Waals surface area contributed by atoms with E-state index in [1.807, 2.05) is 42.5 Å². The normalized spacial score (nSPS) is 10.3. The van der Waals surface area contributed by atoms with Gasteiger partial charge in [-0.05, 0) is 30.3 Å². The molecule has 0 aliphatic carbocycles. The number of benzene rings is 2. The first-order valence-corrected chi connectivity index (χ1v) is 8.48. The van der Waals surface area contributed by atoms with Gasteiger partial charge in [0.15, 0.2) is 0 Å². The van der Waals surface area contributed by atoms with Crippen molar-refractivity contribution in [3.8, 4) is 11.3 Å². The topological polar surface area (TPSA) is 71.3 Å². The van der Waals surface area contributed by atoms with Crippen LogP contribution in [0.3, 0.4) is 0 Å². The van der Waals surface area contributed by atoms with Gasteiger partial charge in [-0.15, -0.1) is 0 Å². The fourth-order valence-electron chi connectivity index (χ4n) is 2.40. The zero-order valence-electron chi connectivity index (χ0n) is 13.9. The van der Waals surface area contributed by atoms with Crippen LogP contribution in [-0.2, 0) is 11.2 Å². The lowest BCUT2D eigenvalue weighted by molar-refractivity contribution is -0.121. The van der Waals surface area contributed by atoms with Gasteiger partial charge in [-0.25, -0.2) is 0 Å². The lowest BCUT2D eigenvalue weighted by Crippen LogP contribution is -2.41. The largest absolute Gasteiger partial charge is 0.461 e. The molecule has 0 spiro atoms. The fourth-order valence-corrected chi connectivity index (χ4v) is 2.59. The molecule has 5 nitrogen and oxygen atoms in total. The Hall–Kier alpha value is -3.05. The van der Waals surface area contributed by atoms with Gasteiger partial charge in [0.05, 0.1) is 0 Å². The molecule has 0 fully saturated rings. The van der Waals surface area contributed by atoms with Crippen LogP contribution in [0.4, 0.5) is 0 Å². The first-order valence-electron chi connectivity index (χ1n) is 8.11. The molecular formula is C20H17ClN2O3. The lowest BCUT2D eigenvalue weighted by atomic mass is 10.2. The molecule has 2 amide bonds. The molecule has 0 radical (unpaired) electrons. The maximum Gasteiger partial charge on any atom is 0.269 e. The highest BCUT2D eigenvalue weighted by Gasteiger charge is 2.10. The summed E-state index contributed by atoms with van der Waals surface area (Å²) in [6.07, 6.45) is 0.628. The molecule has 0 saturated heterocycles. The first-order chi connectivity index (χ1) is 12.6. The van der Waals surface area contributed by atoms with Crippen molar-refractivity contribution >= 4 is 23.4 Å². The second kappa shape index (κ2) is 8.36. The van der Waals surface area contributed by atoms with Crippen LogP contribution in [0, 0.1) is 0 Å². The third-order valence-corrected chi connectivity index (χ3v) is 3.96. The average molecular weight is 369 g/mol. The van der Waals surface area contributed by atoms with Crippen molar-refractivity contribution in [1.82, 2.24) is 10.9 Å². The molecule has 0 aliphatic rings. The molecule has 1 aromatic heterocycles. The Bertz CT molecular complexity index is 906. The van der Waals surface area contributed by atoms with Crippen molar-refractivity contribution in [1.29, 1.82) is 0 Å². The molecule has 1 heterocycles. The number of hydrazine groups is 1. The minimum Gasteiger partial charge on any atom is -0.461 e. The van der Waals surface area contributed by atoms with Crippen LogP contribution < -0.4 is 10.9 Å². The summed E-state index contributed by atoms with van der Waals surface area (Å²) in [4.78, 5) is 23.8. The van der Waals surface area contributed by atoms with Gasteiger partial charge in [-0.2, -0.15) is 0 Å². The number of amides is 2. The molecule has 0 bridgehead atoms. The second-order valence-corrected chi connectivity index (χ2v) is 6.08. The average Bonchev–Trinajstić information content (AvgIpc) is 3.14. The van der Waals surface area contributed by atoms with Gasteiger partial charge in [0.25, 0.3) is 5.91 Å². The minimum absolute atomic E-state index is 0.192. The molecule has 3 aromatic rings. The standard InChI is InChI=1S/C20H17ClN2O3/c21-16-8-4-7-15(13-16)20(25)23-22-19(24)12-10-17-9-11-18(26-17)14-5-2-1-3-6-14/h1-9,11,13H,10,12H2,(H,22,24)(H,23,25). The second-order valence-electron chi connectivity index (χ2n) is 5.64. The maximum atomic E-state index is 11.9. The van der Waals surface area contributed by atoms with E-state index in [1.165, 1.54) is 6.07 Å². The van der Waals surface area contributed by atoms with Crippen molar-refractivity contribution in [3.63, 3.8) is 0 Å². The molecule has 6 heteroatoms. The summed E-state index contributed by atoms with van der Waals surface area (Å²) in [5.41, 5.74) is 6.11. The number of nitrogens with one attached hydrogen (secondary N) is 2. The summed E-state index contributed by atoms with van der Waals surface area (Å²) < 4.78 is 5.75. The summed E-state index contributed by atoms with van der Waals surface area (Å²) in [6.45, 7) is 0. The van der Waals surface area contributed by atoms with Gasteiger partial charge in [-0.3, -0.25) is 20.4 Å². The van der Waals surface area contributed by atoms with E-state index in [-0.39, 0.29) is 12.3 Å². The molecule has 2 aromatic carbocycles. The fraction of sp³-hybridized carbons (Fsp3) is 0.100. The summed E-state index contributed by atoms with van der Waals surface area (Å²) in [7, 11) is 0. The Morgan fingerprint density at radius 2 is 1.73 bits per heavy atom. The highest BCUT2D eigenvalue weighted by molar-refractivity contribution is 6.30. The summed E-state index contributed by atoms with van der Waals surface area (Å²) in [5.74, 6) is 0.735. The zero-order chi connectivity index (χ0) is 18.4. The van der Waals surface area contributed by atoms with Crippen molar-refractivity contribution < 1.29 is 14.0 Å². The number of carbonyl (C=O) groups excluding carboxylic acids is 2. The number of rotatable bonds is 5. The highest BCUT2D eigenvalue weighted by Crippen LogP contribution is 2.22. The molecule has 2 N–H and O–H groups in total. The molecular weight excluding hydrogens is 352 g/mol.